The van der Waals surface area contributed by atoms with E-state index in [1.807, 2.05) is 6.92 Å². The van der Waals surface area contributed by atoms with Crippen molar-refractivity contribution < 1.29 is 18.0 Å². The monoisotopic (exact) mass is 338 g/mol. The number of hydrogen-bond acceptors (Lipinski definition) is 2. The highest BCUT2D eigenvalue weighted by Gasteiger charge is 2.34. The van der Waals surface area contributed by atoms with Gasteiger partial charge in [0.1, 0.15) is 0 Å². The van der Waals surface area contributed by atoms with Crippen LogP contribution >= 0.6 is 15.9 Å². The van der Waals surface area contributed by atoms with Gasteiger partial charge >= 0.3 is 6.18 Å². The minimum atomic E-state index is -4.51. The predicted molar refractivity (Wildman–Crippen MR) is 70.9 cm³/mol. The van der Waals surface area contributed by atoms with Crippen LogP contribution in [-0.4, -0.2) is 19.0 Å². The lowest BCUT2D eigenvalue weighted by atomic mass is 10.1. The number of carbonyl (C=O) groups is 1. The molecule has 19 heavy (non-hydrogen) atoms. The summed E-state index contributed by atoms with van der Waals surface area (Å²) in [5, 5.41) is 5.21. The van der Waals surface area contributed by atoms with Gasteiger partial charge in [0.25, 0.3) is 0 Å². The van der Waals surface area contributed by atoms with Crippen molar-refractivity contribution in [2.24, 2.45) is 0 Å². The number of nitrogens with one attached hydrogen (secondary N) is 2. The summed E-state index contributed by atoms with van der Waals surface area (Å²) in [6, 6.07) is 3.63. The highest BCUT2D eigenvalue weighted by molar-refractivity contribution is 9.10. The van der Waals surface area contributed by atoms with Crippen LogP contribution in [0.3, 0.4) is 0 Å². The topological polar surface area (TPSA) is 41.1 Å². The Labute approximate surface area is 117 Å². The van der Waals surface area contributed by atoms with Crippen LogP contribution in [-0.2, 0) is 11.0 Å². The number of amides is 1. The van der Waals surface area contributed by atoms with E-state index in [0.717, 1.165) is 6.07 Å². The van der Waals surface area contributed by atoms with Crippen LogP contribution in [0.15, 0.2) is 22.7 Å². The summed E-state index contributed by atoms with van der Waals surface area (Å²) in [6.45, 7) is 3.02. The van der Waals surface area contributed by atoms with Crippen LogP contribution in [0.2, 0.25) is 0 Å². The molecule has 2 N–H and O–H groups in total. The highest BCUT2D eigenvalue weighted by Crippen LogP contribution is 2.36. The van der Waals surface area contributed by atoms with E-state index >= 15 is 0 Å². The van der Waals surface area contributed by atoms with Gasteiger partial charge in [0.05, 0.1) is 11.3 Å². The Morgan fingerprint density at radius 2 is 2.05 bits per heavy atom. The summed E-state index contributed by atoms with van der Waals surface area (Å²) in [4.78, 5) is 11.5. The number of halogens is 4. The van der Waals surface area contributed by atoms with Gasteiger partial charge < -0.3 is 10.6 Å². The van der Waals surface area contributed by atoms with E-state index < -0.39 is 17.6 Å². The minimum Gasteiger partial charge on any atom is -0.325 e. The summed E-state index contributed by atoms with van der Waals surface area (Å²) in [6.07, 6.45) is -4.38. The predicted octanol–water partition coefficient (Wildman–Crippen LogP) is 3.41. The third-order valence-electron chi connectivity index (χ3n) is 2.34. The summed E-state index contributed by atoms with van der Waals surface area (Å²) in [5.41, 5.74) is -1.09. The molecule has 1 amide bonds. The average Bonchev–Trinajstić information content (AvgIpc) is 2.30. The second kappa shape index (κ2) is 6.91. The Kier molecular flexibility index (Phi) is 5.81. The van der Waals surface area contributed by atoms with E-state index in [1.165, 1.54) is 12.1 Å². The first-order valence-electron chi connectivity index (χ1n) is 5.72. The lowest BCUT2D eigenvalue weighted by Gasteiger charge is -2.14. The summed E-state index contributed by atoms with van der Waals surface area (Å²) >= 11 is 2.98. The van der Waals surface area contributed by atoms with Crippen molar-refractivity contribution in [1.82, 2.24) is 5.32 Å². The molecule has 1 aromatic rings. The van der Waals surface area contributed by atoms with E-state index in [0.29, 0.717) is 17.6 Å². The Hall–Kier alpha value is -1.08. The molecule has 0 heterocycles. The third kappa shape index (κ3) is 5.20. The normalized spacial score (nSPS) is 11.4. The number of rotatable bonds is 5. The van der Waals surface area contributed by atoms with Crippen molar-refractivity contribution in [2.45, 2.75) is 19.5 Å². The van der Waals surface area contributed by atoms with Gasteiger partial charge in [-0.05, 0) is 24.7 Å². The zero-order valence-corrected chi connectivity index (χ0v) is 11.9. The smallest absolute Gasteiger partial charge is 0.325 e. The molecule has 0 aromatic heterocycles. The number of benzene rings is 1. The molecule has 0 spiro atoms. The largest absolute Gasteiger partial charge is 0.418 e. The number of alkyl halides is 3. The van der Waals surface area contributed by atoms with Crippen LogP contribution in [0.1, 0.15) is 18.9 Å². The van der Waals surface area contributed by atoms with Gasteiger partial charge in [0, 0.05) is 17.4 Å². The van der Waals surface area contributed by atoms with Gasteiger partial charge in [-0.1, -0.05) is 22.9 Å². The van der Waals surface area contributed by atoms with Crippen molar-refractivity contribution in [3.05, 3.63) is 28.2 Å². The van der Waals surface area contributed by atoms with Crippen molar-refractivity contribution >= 4 is 27.5 Å². The van der Waals surface area contributed by atoms with Crippen molar-refractivity contribution in [2.75, 3.05) is 18.4 Å². The van der Waals surface area contributed by atoms with Crippen LogP contribution in [0.4, 0.5) is 18.9 Å². The fourth-order valence-corrected chi connectivity index (χ4v) is 1.81. The van der Waals surface area contributed by atoms with Crippen LogP contribution in [0.25, 0.3) is 0 Å². The second-order valence-electron chi connectivity index (χ2n) is 3.84. The molecule has 0 atom stereocenters. The van der Waals surface area contributed by atoms with Crippen LogP contribution in [0.5, 0.6) is 0 Å². The van der Waals surface area contributed by atoms with Gasteiger partial charge in [0.15, 0.2) is 0 Å². The number of anilines is 1. The van der Waals surface area contributed by atoms with Crippen molar-refractivity contribution in [1.29, 1.82) is 0 Å². The molecule has 106 valence electrons. The molecule has 0 unspecified atom stereocenters. The van der Waals surface area contributed by atoms with Crippen molar-refractivity contribution in [3.8, 4) is 0 Å². The molecule has 1 aromatic carbocycles. The second-order valence-corrected chi connectivity index (χ2v) is 4.76. The van der Waals surface area contributed by atoms with Gasteiger partial charge in [-0.25, -0.2) is 0 Å². The van der Waals surface area contributed by atoms with Gasteiger partial charge in [-0.2, -0.15) is 13.2 Å². The van der Waals surface area contributed by atoms with E-state index in [4.69, 9.17) is 0 Å². The van der Waals surface area contributed by atoms with Gasteiger partial charge in [0.2, 0.25) is 5.91 Å². The molecule has 0 aliphatic rings. The SMILES string of the molecule is CCNCCC(=O)Nc1ccc(Br)cc1C(F)(F)F. The maximum Gasteiger partial charge on any atom is 0.418 e. The molecule has 0 aliphatic carbocycles. The first kappa shape index (κ1) is 16.0. The number of hydrogen-bond donors (Lipinski definition) is 2. The van der Waals surface area contributed by atoms with E-state index in [-0.39, 0.29) is 12.1 Å². The van der Waals surface area contributed by atoms with E-state index in [9.17, 15) is 18.0 Å². The molecule has 7 heteroatoms. The van der Waals surface area contributed by atoms with Gasteiger partial charge in [-0.3, -0.25) is 4.79 Å². The molecule has 3 nitrogen and oxygen atoms in total. The molecule has 0 fully saturated rings. The van der Waals surface area contributed by atoms with Crippen LogP contribution < -0.4 is 10.6 Å². The summed E-state index contributed by atoms with van der Waals surface area (Å²) < 4.78 is 38.7. The standard InChI is InChI=1S/C12H14BrF3N2O/c1-2-17-6-5-11(19)18-10-4-3-8(13)7-9(10)12(14,15)16/h3-4,7,17H,2,5-6H2,1H3,(H,18,19). The maximum absolute atomic E-state index is 12.8. The molecule has 0 radical (unpaired) electrons. The zero-order chi connectivity index (χ0) is 14.5. The van der Waals surface area contributed by atoms with Crippen LogP contribution in [0, 0.1) is 0 Å². The summed E-state index contributed by atoms with van der Waals surface area (Å²) in [7, 11) is 0. The Morgan fingerprint density at radius 1 is 1.37 bits per heavy atom. The highest BCUT2D eigenvalue weighted by atomic mass is 79.9. The molecule has 0 saturated carbocycles. The molecule has 1 rings (SSSR count). The maximum atomic E-state index is 12.8. The quantitative estimate of drug-likeness (QED) is 0.808. The number of carbonyl (C=O) groups excluding carboxylic acids is 1. The molecule has 0 aliphatic heterocycles. The fraction of sp³-hybridized carbons (Fsp3) is 0.417. The molecular formula is C12H14BrF3N2O. The Balaban J connectivity index is 2.80. The third-order valence-corrected chi connectivity index (χ3v) is 2.83. The van der Waals surface area contributed by atoms with Gasteiger partial charge in [-0.15, -0.1) is 0 Å². The lowest BCUT2D eigenvalue weighted by molar-refractivity contribution is -0.137. The zero-order valence-electron chi connectivity index (χ0n) is 10.3. The molecule has 0 saturated heterocycles. The first-order valence-corrected chi connectivity index (χ1v) is 6.51. The molecular weight excluding hydrogens is 325 g/mol. The fourth-order valence-electron chi connectivity index (χ4n) is 1.45. The minimum absolute atomic E-state index is 0.126. The first-order chi connectivity index (χ1) is 8.84. The average molecular weight is 339 g/mol. The molecule has 0 bridgehead atoms. The van der Waals surface area contributed by atoms with E-state index in [1.54, 1.807) is 0 Å². The Bertz CT molecular complexity index is 449. The Morgan fingerprint density at radius 3 is 2.63 bits per heavy atom. The van der Waals surface area contributed by atoms with E-state index in [2.05, 4.69) is 26.6 Å². The van der Waals surface area contributed by atoms with Crippen molar-refractivity contribution in [3.63, 3.8) is 0 Å². The lowest BCUT2D eigenvalue weighted by Crippen LogP contribution is -2.22. The summed E-state index contributed by atoms with van der Waals surface area (Å²) in [5.74, 6) is -0.450.